The predicted octanol–water partition coefficient (Wildman–Crippen LogP) is 9.46. The van der Waals surface area contributed by atoms with Gasteiger partial charge in [-0.1, -0.05) is 69.2 Å². The average molecular weight is 1030 g/mol. The number of carbonyl (C=O) groups is 3. The van der Waals surface area contributed by atoms with Gasteiger partial charge in [0, 0.05) is 50.4 Å². The summed E-state index contributed by atoms with van der Waals surface area (Å²) in [5.41, 5.74) is -3.52. The molecule has 4 fully saturated rings. The van der Waals surface area contributed by atoms with Crippen LogP contribution in [0.25, 0.3) is 0 Å². The number of hydrogen-bond donors (Lipinski definition) is 0. The van der Waals surface area contributed by atoms with Crippen LogP contribution in [0.5, 0.6) is 0 Å². The van der Waals surface area contributed by atoms with Gasteiger partial charge in [-0.15, -0.1) is 0 Å². The monoisotopic (exact) mass is 1020 g/mol. The van der Waals surface area contributed by atoms with E-state index in [9.17, 15) is 14.9 Å². The number of rotatable bonds is 18. The molecule has 4 aliphatic rings. The van der Waals surface area contributed by atoms with Crippen LogP contribution in [0.15, 0.2) is 0 Å². The van der Waals surface area contributed by atoms with E-state index in [0.717, 1.165) is 42.7 Å². The molecule has 4 aliphatic heterocycles. The molecule has 0 aliphatic carbocycles. The van der Waals surface area contributed by atoms with Crippen molar-refractivity contribution < 1.29 is 61.1 Å². The van der Waals surface area contributed by atoms with Gasteiger partial charge in [0.15, 0.2) is 40.7 Å². The van der Waals surface area contributed by atoms with Crippen LogP contribution in [0.3, 0.4) is 0 Å². The van der Waals surface area contributed by atoms with Crippen molar-refractivity contribution in [2.45, 2.75) is 251 Å². The summed E-state index contributed by atoms with van der Waals surface area (Å²) in [6.45, 7) is 32.2. The lowest BCUT2D eigenvalue weighted by Gasteiger charge is -2.52. The molecule has 19 atom stereocenters. The molecule has 1 unspecified atom stereocenters. The lowest BCUT2D eigenvalue weighted by molar-refractivity contribution is -0.317. The highest BCUT2D eigenvalue weighted by atomic mass is 28.4. The first-order valence-electron chi connectivity index (χ1n) is 26.9. The molecule has 0 spiro atoms. The van der Waals surface area contributed by atoms with E-state index in [2.05, 4.69) is 73.5 Å². The summed E-state index contributed by atoms with van der Waals surface area (Å²) in [4.78, 5) is 45.8. The third kappa shape index (κ3) is 12.3. The number of nitriles is 1. The Kier molecular flexibility index (Phi) is 21.4. The zero-order valence-electron chi connectivity index (χ0n) is 47.0. The van der Waals surface area contributed by atoms with Crippen LogP contribution in [0, 0.1) is 46.8 Å². The summed E-state index contributed by atoms with van der Waals surface area (Å²) in [5, 5.41) is 10.4. The summed E-state index contributed by atoms with van der Waals surface area (Å²) < 4.78 is 68.6. The number of hydrogen-bond acceptors (Lipinski definition) is 15. The standard InChI is InChI=1S/C53H96N2O13Si2/c1-21-40-53(16)42(38(31-54)49(58)66-53)34(10)43(56)32(8)29-51(14,59-19)46(65-50-45(67-69(22-2,23-3)24-4)39(55(17)18)28-33(9)61-50)35(11)44(36(12)48(57)63-40)64-41-30-52(15,60-20)47(37(13)62-41)68-70(25-5,26-6)27-7/h32-42,44-47,50H,21-30H2,1-20H3/t32-,33-,34-,35+,36?,37+,38+,39+,40+,41-,42+,44-,45-,46-,47+,50+,51-,52-,53-/m1/s1. The molecule has 0 aromatic carbocycles. The molecule has 404 valence electrons. The maximum atomic E-state index is 15.1. The molecular weight excluding hydrogens is 929 g/mol. The molecule has 0 amide bonds. The van der Waals surface area contributed by atoms with E-state index < -0.39 is 124 Å². The Balaban J connectivity index is 1.97. The Morgan fingerprint density at radius 3 is 1.76 bits per heavy atom. The van der Waals surface area contributed by atoms with E-state index >= 15 is 4.79 Å². The molecule has 4 heterocycles. The van der Waals surface area contributed by atoms with Crippen molar-refractivity contribution in [1.29, 1.82) is 5.26 Å². The van der Waals surface area contributed by atoms with Gasteiger partial charge in [0.25, 0.3) is 0 Å². The number of carbonyl (C=O) groups excluding carboxylic acids is 3. The maximum Gasteiger partial charge on any atom is 0.324 e. The van der Waals surface area contributed by atoms with Crippen molar-refractivity contribution >= 4 is 34.4 Å². The van der Waals surface area contributed by atoms with Crippen molar-refractivity contribution in [2.24, 2.45) is 35.5 Å². The number of nitrogens with zero attached hydrogens (tertiary/aromatic N) is 2. The van der Waals surface area contributed by atoms with Crippen LogP contribution in [-0.2, 0) is 61.1 Å². The molecule has 0 radical (unpaired) electrons. The summed E-state index contributed by atoms with van der Waals surface area (Å²) >= 11 is 0. The first kappa shape index (κ1) is 60.7. The number of methoxy groups -OCH3 is 2. The second kappa shape index (κ2) is 24.7. The van der Waals surface area contributed by atoms with Gasteiger partial charge in [0.1, 0.15) is 18.0 Å². The molecule has 4 saturated heterocycles. The van der Waals surface area contributed by atoms with E-state index in [1.54, 1.807) is 35.0 Å². The Hall–Kier alpha value is -1.83. The second-order valence-corrected chi connectivity index (χ2v) is 31.8. The lowest BCUT2D eigenvalue weighted by atomic mass is 9.67. The van der Waals surface area contributed by atoms with Crippen molar-refractivity contribution in [1.82, 2.24) is 4.90 Å². The van der Waals surface area contributed by atoms with Gasteiger partial charge in [0.05, 0.1) is 53.7 Å². The third-order valence-electron chi connectivity index (χ3n) is 18.0. The normalized spacial score (nSPS) is 41.6. The molecule has 4 rings (SSSR count). The Morgan fingerprint density at radius 2 is 1.26 bits per heavy atom. The van der Waals surface area contributed by atoms with Gasteiger partial charge >= 0.3 is 11.9 Å². The number of likely N-dealkylation sites (N-methyl/N-ethyl adjacent to an activating group) is 1. The number of esters is 2. The van der Waals surface area contributed by atoms with Gasteiger partial charge in [-0.2, -0.15) is 5.26 Å². The maximum absolute atomic E-state index is 15.1. The minimum atomic E-state index is -2.26. The first-order chi connectivity index (χ1) is 32.8. The molecule has 15 nitrogen and oxygen atoms in total. The number of fused-ring (bicyclic) bond motifs is 1. The van der Waals surface area contributed by atoms with Crippen LogP contribution < -0.4 is 0 Å². The van der Waals surface area contributed by atoms with Crippen molar-refractivity contribution in [3.05, 3.63) is 0 Å². The smallest absolute Gasteiger partial charge is 0.324 e. The Morgan fingerprint density at radius 1 is 0.714 bits per heavy atom. The highest BCUT2D eigenvalue weighted by Gasteiger charge is 2.62. The average Bonchev–Trinajstić information content (AvgIpc) is 3.61. The van der Waals surface area contributed by atoms with E-state index in [1.165, 1.54) is 0 Å². The molecule has 0 bridgehead atoms. The quantitative estimate of drug-likeness (QED) is 0.0939. The zero-order chi connectivity index (χ0) is 52.9. The van der Waals surface area contributed by atoms with E-state index in [-0.39, 0.29) is 36.9 Å². The molecule has 17 heteroatoms. The fourth-order valence-corrected chi connectivity index (χ4v) is 18.6. The summed E-state index contributed by atoms with van der Waals surface area (Å²) in [6, 6.07) is 7.75. The SMILES string of the molecule is CC[C@@H]1OC(=O)C(C)[C@H](O[C@@H]2C[C@@](C)(OC)[C@@H](O[Si](CC)(CC)CC)[C@H](C)O2)[C@H](C)[C@@H](O[C@@H]2O[C@H](C)C[C@H](N(C)C)[C@H]2O[Si](CC)(CC)CC)[C@](C)(OC)C[C@@H](C)C(=O)[C@H](C)[C@H]2[C@H](C#N)C(=O)O[C@@]21C. The second-order valence-electron chi connectivity index (χ2n) is 22.4. The largest absolute Gasteiger partial charge is 0.458 e. The van der Waals surface area contributed by atoms with Crippen LogP contribution in [0.4, 0.5) is 0 Å². The number of cyclic esters (lactones) is 1. The van der Waals surface area contributed by atoms with E-state index in [0.29, 0.717) is 6.42 Å². The first-order valence-corrected chi connectivity index (χ1v) is 31.9. The molecular formula is C53H96N2O13Si2. The predicted molar refractivity (Wildman–Crippen MR) is 274 cm³/mol. The summed E-state index contributed by atoms with van der Waals surface area (Å²) in [6.07, 6.45) is -4.58. The van der Waals surface area contributed by atoms with Crippen LogP contribution >= 0.6 is 0 Å². The fourth-order valence-electron chi connectivity index (χ4n) is 12.8. The van der Waals surface area contributed by atoms with Crippen LogP contribution in [-0.4, -0.2) is 146 Å². The molecule has 70 heavy (non-hydrogen) atoms. The van der Waals surface area contributed by atoms with Crippen LogP contribution in [0.1, 0.15) is 136 Å². The number of Topliss-reactive ketones (excluding diaryl/α,β-unsaturated/α-hetero) is 1. The fraction of sp³-hybridized carbons (Fsp3) is 0.925. The van der Waals surface area contributed by atoms with Crippen molar-refractivity contribution in [2.75, 3.05) is 28.3 Å². The van der Waals surface area contributed by atoms with E-state index in [1.807, 2.05) is 41.5 Å². The minimum Gasteiger partial charge on any atom is -0.458 e. The number of ketones is 1. The van der Waals surface area contributed by atoms with Crippen molar-refractivity contribution in [3.8, 4) is 6.07 Å². The highest BCUT2D eigenvalue weighted by molar-refractivity contribution is 6.74. The summed E-state index contributed by atoms with van der Waals surface area (Å²) in [7, 11) is 3.06. The third-order valence-corrected chi connectivity index (χ3v) is 27.3. The van der Waals surface area contributed by atoms with Gasteiger partial charge in [-0.05, 0) is 111 Å². The van der Waals surface area contributed by atoms with Gasteiger partial charge in [0.2, 0.25) is 0 Å². The Bertz CT molecular complexity index is 1760. The lowest BCUT2D eigenvalue weighted by Crippen LogP contribution is -2.63. The van der Waals surface area contributed by atoms with Gasteiger partial charge in [-0.3, -0.25) is 14.4 Å². The topological polar surface area (TPSA) is 171 Å². The van der Waals surface area contributed by atoms with Gasteiger partial charge < -0.3 is 51.6 Å². The minimum absolute atomic E-state index is 0.0474. The van der Waals surface area contributed by atoms with Crippen molar-refractivity contribution in [3.63, 3.8) is 0 Å². The van der Waals surface area contributed by atoms with Gasteiger partial charge in [-0.25, -0.2) is 0 Å². The van der Waals surface area contributed by atoms with Crippen LogP contribution in [0.2, 0.25) is 36.3 Å². The highest BCUT2D eigenvalue weighted by Crippen LogP contribution is 2.49. The Labute approximate surface area is 424 Å². The zero-order valence-corrected chi connectivity index (χ0v) is 49.0. The number of ether oxygens (including phenoxy) is 8. The molecule has 0 N–H and O–H groups in total. The molecule has 0 aromatic rings. The summed E-state index contributed by atoms with van der Waals surface area (Å²) in [5.74, 6) is -6.77. The molecule has 0 saturated carbocycles. The van der Waals surface area contributed by atoms with E-state index in [4.69, 9.17) is 46.7 Å². The molecule has 0 aromatic heterocycles.